The second kappa shape index (κ2) is 13.3. The highest BCUT2D eigenvalue weighted by Gasteiger charge is 2.32. The molecule has 2 amide bonds. The van der Waals surface area contributed by atoms with Crippen molar-refractivity contribution in [3.63, 3.8) is 0 Å². The van der Waals surface area contributed by atoms with Gasteiger partial charge in [0, 0.05) is 12.6 Å². The van der Waals surface area contributed by atoms with E-state index in [2.05, 4.69) is 5.32 Å². The zero-order chi connectivity index (χ0) is 28.6. The van der Waals surface area contributed by atoms with Crippen molar-refractivity contribution < 1.29 is 22.7 Å². The van der Waals surface area contributed by atoms with Crippen LogP contribution in [-0.2, 0) is 26.2 Å². The summed E-state index contributed by atoms with van der Waals surface area (Å²) in [6, 6.07) is 21.4. The highest BCUT2D eigenvalue weighted by Crippen LogP contribution is 2.26. The van der Waals surface area contributed by atoms with Gasteiger partial charge in [0.25, 0.3) is 10.0 Å². The summed E-state index contributed by atoms with van der Waals surface area (Å²) in [4.78, 5) is 28.5. The van der Waals surface area contributed by atoms with Crippen LogP contribution >= 0.6 is 0 Å². The fourth-order valence-electron chi connectivity index (χ4n) is 3.94. The number of methoxy groups -OCH3 is 1. The molecule has 3 aromatic carbocycles. The minimum atomic E-state index is -4.12. The first-order valence-corrected chi connectivity index (χ1v) is 14.4. The van der Waals surface area contributed by atoms with Crippen molar-refractivity contribution in [3.8, 4) is 5.75 Å². The van der Waals surface area contributed by atoms with Crippen LogP contribution in [0.25, 0.3) is 0 Å². The van der Waals surface area contributed by atoms with Crippen LogP contribution < -0.4 is 14.4 Å². The average Bonchev–Trinajstić information content (AvgIpc) is 2.94. The van der Waals surface area contributed by atoms with Crippen molar-refractivity contribution in [2.24, 2.45) is 0 Å². The number of benzene rings is 3. The summed E-state index contributed by atoms with van der Waals surface area (Å²) in [5.41, 5.74) is 2.05. The number of aryl methyl sites for hydroxylation is 1. The maximum atomic E-state index is 13.9. The Kier molecular flexibility index (Phi) is 10.1. The van der Waals surface area contributed by atoms with Crippen molar-refractivity contribution in [2.75, 3.05) is 18.0 Å². The van der Waals surface area contributed by atoms with Gasteiger partial charge in [-0.3, -0.25) is 13.9 Å². The molecule has 3 rings (SSSR count). The van der Waals surface area contributed by atoms with E-state index in [0.29, 0.717) is 11.4 Å². The number of sulfonamides is 1. The SMILES string of the molecule is CC[C@H](C)NC(=O)[C@@H](C)N(Cc1ccccc1)C(=O)CN(c1ccc(OC)cc1)S(=O)(=O)c1ccc(C)cc1. The molecule has 0 bridgehead atoms. The molecule has 208 valence electrons. The van der Waals surface area contributed by atoms with Gasteiger partial charge in [0.1, 0.15) is 18.3 Å². The zero-order valence-electron chi connectivity index (χ0n) is 23.1. The zero-order valence-corrected chi connectivity index (χ0v) is 23.9. The molecule has 0 aliphatic rings. The fraction of sp³-hybridized carbons (Fsp3) is 0.333. The van der Waals surface area contributed by atoms with Crippen molar-refractivity contribution in [2.45, 2.75) is 57.6 Å². The first kappa shape index (κ1) is 29.7. The monoisotopic (exact) mass is 551 g/mol. The Hall–Kier alpha value is -3.85. The van der Waals surface area contributed by atoms with E-state index >= 15 is 0 Å². The standard InChI is InChI=1S/C30H37N3O5S/c1-6-23(3)31-30(35)24(4)32(20-25-10-8-7-9-11-25)29(34)21-33(26-14-16-27(38-5)17-15-26)39(36,37)28-18-12-22(2)13-19-28/h7-19,23-24H,6,20-21H2,1-5H3,(H,31,35)/t23-,24+/m0/s1. The van der Waals surface area contributed by atoms with Gasteiger partial charge in [0.15, 0.2) is 0 Å². The average molecular weight is 552 g/mol. The summed E-state index contributed by atoms with van der Waals surface area (Å²) in [5, 5.41) is 2.93. The molecule has 0 heterocycles. The molecule has 0 spiro atoms. The molecule has 0 unspecified atom stereocenters. The van der Waals surface area contributed by atoms with E-state index in [1.54, 1.807) is 43.3 Å². The lowest BCUT2D eigenvalue weighted by molar-refractivity contribution is -0.139. The van der Waals surface area contributed by atoms with Crippen LogP contribution in [0.5, 0.6) is 5.75 Å². The smallest absolute Gasteiger partial charge is 0.264 e. The molecule has 2 atom stereocenters. The third-order valence-electron chi connectivity index (χ3n) is 6.61. The Balaban J connectivity index is 2.01. The molecular weight excluding hydrogens is 514 g/mol. The number of ether oxygens (including phenoxy) is 1. The minimum Gasteiger partial charge on any atom is -0.497 e. The Morgan fingerprint density at radius 1 is 0.923 bits per heavy atom. The highest BCUT2D eigenvalue weighted by atomic mass is 32.2. The van der Waals surface area contributed by atoms with Crippen LogP contribution in [-0.4, -0.2) is 50.9 Å². The lowest BCUT2D eigenvalue weighted by Gasteiger charge is -2.32. The van der Waals surface area contributed by atoms with Gasteiger partial charge in [0.2, 0.25) is 11.8 Å². The highest BCUT2D eigenvalue weighted by molar-refractivity contribution is 7.92. The number of hydrogen-bond acceptors (Lipinski definition) is 5. The molecule has 3 aromatic rings. The largest absolute Gasteiger partial charge is 0.497 e. The van der Waals surface area contributed by atoms with E-state index in [1.165, 1.54) is 24.1 Å². The van der Waals surface area contributed by atoms with E-state index in [-0.39, 0.29) is 23.4 Å². The second-order valence-corrected chi connectivity index (χ2v) is 11.4. The van der Waals surface area contributed by atoms with Crippen molar-refractivity contribution >= 4 is 27.5 Å². The third kappa shape index (κ3) is 7.60. The third-order valence-corrected chi connectivity index (χ3v) is 8.40. The molecular formula is C30H37N3O5S. The van der Waals surface area contributed by atoms with Crippen molar-refractivity contribution in [3.05, 3.63) is 90.0 Å². The molecule has 0 saturated carbocycles. The number of anilines is 1. The number of nitrogens with zero attached hydrogens (tertiary/aromatic N) is 2. The Labute approximate surface area is 231 Å². The van der Waals surface area contributed by atoms with Gasteiger partial charge in [-0.1, -0.05) is 55.0 Å². The molecule has 39 heavy (non-hydrogen) atoms. The lowest BCUT2D eigenvalue weighted by atomic mass is 10.1. The summed E-state index contributed by atoms with van der Waals surface area (Å²) in [6.07, 6.45) is 0.741. The maximum absolute atomic E-state index is 13.9. The Bertz CT molecular complexity index is 1340. The molecule has 0 aliphatic heterocycles. The number of rotatable bonds is 12. The van der Waals surface area contributed by atoms with Crippen LogP contribution in [0.15, 0.2) is 83.8 Å². The van der Waals surface area contributed by atoms with E-state index in [4.69, 9.17) is 4.74 Å². The van der Waals surface area contributed by atoms with Crippen molar-refractivity contribution in [1.29, 1.82) is 0 Å². The van der Waals surface area contributed by atoms with E-state index in [1.807, 2.05) is 51.1 Å². The van der Waals surface area contributed by atoms with E-state index in [0.717, 1.165) is 21.9 Å². The normalized spacial score (nSPS) is 12.7. The number of amides is 2. The molecule has 0 aromatic heterocycles. The molecule has 0 aliphatic carbocycles. The van der Waals surface area contributed by atoms with Crippen LogP contribution in [0.4, 0.5) is 5.69 Å². The number of hydrogen-bond donors (Lipinski definition) is 1. The fourth-order valence-corrected chi connectivity index (χ4v) is 5.36. The number of nitrogens with one attached hydrogen (secondary N) is 1. The quantitative estimate of drug-likeness (QED) is 0.357. The van der Waals surface area contributed by atoms with Crippen LogP contribution in [0.1, 0.15) is 38.3 Å². The summed E-state index contributed by atoms with van der Waals surface area (Å²) >= 11 is 0. The van der Waals surface area contributed by atoms with Gasteiger partial charge in [-0.05, 0) is 69.2 Å². The predicted octanol–water partition coefficient (Wildman–Crippen LogP) is 4.53. The minimum absolute atomic E-state index is 0.0636. The summed E-state index contributed by atoms with van der Waals surface area (Å²) in [6.45, 7) is 7.05. The van der Waals surface area contributed by atoms with Crippen LogP contribution in [0, 0.1) is 6.92 Å². The molecule has 1 N–H and O–H groups in total. The molecule has 0 radical (unpaired) electrons. The van der Waals surface area contributed by atoms with Gasteiger partial charge in [-0.15, -0.1) is 0 Å². The van der Waals surface area contributed by atoms with Gasteiger partial charge in [-0.2, -0.15) is 0 Å². The Morgan fingerprint density at radius 2 is 1.54 bits per heavy atom. The van der Waals surface area contributed by atoms with Crippen molar-refractivity contribution in [1.82, 2.24) is 10.2 Å². The summed E-state index contributed by atoms with van der Waals surface area (Å²) < 4.78 is 34.0. The van der Waals surface area contributed by atoms with Gasteiger partial charge in [-0.25, -0.2) is 8.42 Å². The second-order valence-electron chi connectivity index (χ2n) is 9.52. The van der Waals surface area contributed by atoms with E-state index in [9.17, 15) is 18.0 Å². The molecule has 0 saturated heterocycles. The summed E-state index contributed by atoms with van der Waals surface area (Å²) in [7, 11) is -2.60. The first-order valence-electron chi connectivity index (χ1n) is 12.9. The molecule has 0 fully saturated rings. The van der Waals surface area contributed by atoms with Gasteiger partial charge < -0.3 is 15.0 Å². The maximum Gasteiger partial charge on any atom is 0.264 e. The lowest BCUT2D eigenvalue weighted by Crippen LogP contribution is -2.52. The summed E-state index contributed by atoms with van der Waals surface area (Å²) in [5.74, 6) is -0.248. The van der Waals surface area contributed by atoms with Crippen LogP contribution in [0.3, 0.4) is 0 Å². The predicted molar refractivity (Wildman–Crippen MR) is 153 cm³/mol. The molecule has 8 nitrogen and oxygen atoms in total. The van der Waals surface area contributed by atoms with Gasteiger partial charge in [0.05, 0.1) is 17.7 Å². The van der Waals surface area contributed by atoms with E-state index < -0.39 is 28.5 Å². The van der Waals surface area contributed by atoms with Gasteiger partial charge >= 0.3 is 0 Å². The number of carbonyl (C=O) groups is 2. The first-order chi connectivity index (χ1) is 18.6. The molecule has 9 heteroatoms. The number of carbonyl (C=O) groups excluding carboxylic acids is 2. The van der Waals surface area contributed by atoms with Crippen LogP contribution in [0.2, 0.25) is 0 Å². The Morgan fingerprint density at radius 3 is 2.10 bits per heavy atom. The topological polar surface area (TPSA) is 96.0 Å².